The van der Waals surface area contributed by atoms with E-state index < -0.39 is 5.97 Å². The number of likely N-dealkylation sites (N-methyl/N-ethyl adjacent to an activating group) is 1. The van der Waals surface area contributed by atoms with E-state index in [-0.39, 0.29) is 12.5 Å². The summed E-state index contributed by atoms with van der Waals surface area (Å²) in [4.78, 5) is 28.3. The van der Waals surface area contributed by atoms with E-state index in [1.165, 1.54) is 12.0 Å². The third kappa shape index (κ3) is 4.26. The second-order valence-electron chi connectivity index (χ2n) is 3.53. The number of aromatic nitrogens is 2. The van der Waals surface area contributed by atoms with Gasteiger partial charge in [0.05, 0.1) is 13.4 Å². The highest BCUT2D eigenvalue weighted by molar-refractivity contribution is 5.81. The molecule has 0 aliphatic carbocycles. The van der Waals surface area contributed by atoms with E-state index >= 15 is 0 Å². The number of esters is 1. The maximum atomic E-state index is 11.8. The Morgan fingerprint density at radius 3 is 2.76 bits per heavy atom. The van der Waals surface area contributed by atoms with Gasteiger partial charge < -0.3 is 14.2 Å². The lowest BCUT2D eigenvalue weighted by atomic mass is 10.3. The Bertz CT molecular complexity index is 362. The highest BCUT2D eigenvalue weighted by Crippen LogP contribution is 1.98. The minimum atomic E-state index is -0.400. The fourth-order valence-electron chi connectivity index (χ4n) is 1.40. The molecule has 0 aliphatic rings. The van der Waals surface area contributed by atoms with E-state index in [0.717, 1.165) is 0 Å². The molecule has 1 rings (SSSR count). The lowest BCUT2D eigenvalue weighted by Gasteiger charge is -2.19. The normalized spacial score (nSPS) is 10.0. The summed E-state index contributed by atoms with van der Waals surface area (Å²) in [5.41, 5.74) is 0. The van der Waals surface area contributed by atoms with Crippen molar-refractivity contribution in [3.8, 4) is 0 Å². The molecule has 0 unspecified atom stereocenters. The van der Waals surface area contributed by atoms with Crippen LogP contribution >= 0.6 is 0 Å². The minimum Gasteiger partial charge on any atom is -0.468 e. The van der Waals surface area contributed by atoms with Gasteiger partial charge in [0.1, 0.15) is 6.54 Å². The molecule has 0 atom stereocenters. The summed E-state index contributed by atoms with van der Waals surface area (Å²) in [6, 6.07) is 0. The number of rotatable bonds is 6. The van der Waals surface area contributed by atoms with Gasteiger partial charge in [-0.3, -0.25) is 9.59 Å². The van der Waals surface area contributed by atoms with Gasteiger partial charge >= 0.3 is 5.97 Å². The zero-order valence-electron chi connectivity index (χ0n) is 10.1. The molecule has 0 radical (unpaired) electrons. The van der Waals surface area contributed by atoms with E-state index in [1.807, 2.05) is 11.5 Å². The van der Waals surface area contributed by atoms with Crippen LogP contribution in [-0.2, 0) is 20.9 Å². The van der Waals surface area contributed by atoms with Crippen molar-refractivity contribution in [2.45, 2.75) is 19.9 Å². The van der Waals surface area contributed by atoms with Gasteiger partial charge in [0.15, 0.2) is 0 Å². The summed E-state index contributed by atoms with van der Waals surface area (Å²) < 4.78 is 6.36. The number of hydrogen-bond acceptors (Lipinski definition) is 4. The third-order valence-electron chi connectivity index (χ3n) is 2.43. The van der Waals surface area contributed by atoms with Crippen molar-refractivity contribution in [2.24, 2.45) is 0 Å². The van der Waals surface area contributed by atoms with Crippen LogP contribution in [0.15, 0.2) is 18.7 Å². The lowest BCUT2D eigenvalue weighted by Crippen LogP contribution is -2.36. The zero-order chi connectivity index (χ0) is 12.7. The average Bonchev–Trinajstić information content (AvgIpc) is 2.85. The van der Waals surface area contributed by atoms with E-state index in [4.69, 9.17) is 0 Å². The number of nitrogens with zero attached hydrogens (tertiary/aromatic N) is 3. The van der Waals surface area contributed by atoms with Gasteiger partial charge in [-0.2, -0.15) is 0 Å². The summed E-state index contributed by atoms with van der Waals surface area (Å²) >= 11 is 0. The number of carbonyl (C=O) groups is 2. The summed E-state index contributed by atoms with van der Waals surface area (Å²) in [6.07, 6.45) is 5.46. The van der Waals surface area contributed by atoms with Crippen LogP contribution in [0.5, 0.6) is 0 Å². The quantitative estimate of drug-likeness (QED) is 0.669. The second kappa shape index (κ2) is 6.67. The molecule has 1 aromatic rings. The molecular formula is C11H17N3O3. The molecule has 0 fully saturated rings. The van der Waals surface area contributed by atoms with Crippen molar-refractivity contribution >= 4 is 11.9 Å². The van der Waals surface area contributed by atoms with Crippen LogP contribution in [0.25, 0.3) is 0 Å². The van der Waals surface area contributed by atoms with Crippen LogP contribution in [0, 0.1) is 0 Å². The van der Waals surface area contributed by atoms with Crippen LogP contribution in [-0.4, -0.2) is 46.5 Å². The molecule has 0 saturated carbocycles. The molecule has 17 heavy (non-hydrogen) atoms. The number of hydrogen-bond donors (Lipinski definition) is 0. The second-order valence-corrected chi connectivity index (χ2v) is 3.53. The van der Waals surface area contributed by atoms with Gasteiger partial charge in [-0.05, 0) is 6.92 Å². The molecule has 1 aromatic heterocycles. The molecule has 94 valence electrons. The topological polar surface area (TPSA) is 64.4 Å². The van der Waals surface area contributed by atoms with Crippen molar-refractivity contribution in [1.82, 2.24) is 14.5 Å². The maximum Gasteiger partial charge on any atom is 0.325 e. The number of amides is 1. The number of aryl methyl sites for hydroxylation is 1. The van der Waals surface area contributed by atoms with E-state index in [2.05, 4.69) is 9.72 Å². The maximum absolute atomic E-state index is 11.8. The van der Waals surface area contributed by atoms with Crippen molar-refractivity contribution < 1.29 is 14.3 Å². The molecule has 0 spiro atoms. The number of carbonyl (C=O) groups excluding carboxylic acids is 2. The lowest BCUT2D eigenvalue weighted by molar-refractivity contribution is -0.146. The monoisotopic (exact) mass is 239 g/mol. The fraction of sp³-hybridized carbons (Fsp3) is 0.545. The van der Waals surface area contributed by atoms with Crippen LogP contribution in [0.3, 0.4) is 0 Å². The van der Waals surface area contributed by atoms with Gasteiger partial charge in [0, 0.05) is 31.9 Å². The predicted octanol–water partition coefficient (Wildman–Crippen LogP) is 0.295. The van der Waals surface area contributed by atoms with Gasteiger partial charge in [-0.25, -0.2) is 4.98 Å². The third-order valence-corrected chi connectivity index (χ3v) is 2.43. The van der Waals surface area contributed by atoms with Gasteiger partial charge in [-0.1, -0.05) is 0 Å². The summed E-state index contributed by atoms with van der Waals surface area (Å²) in [5.74, 6) is -0.463. The SMILES string of the molecule is CCN(CC(=O)OC)C(=O)CCn1ccnc1. The largest absolute Gasteiger partial charge is 0.468 e. The Labute approximate surface area is 100 Å². The molecule has 0 aromatic carbocycles. The predicted molar refractivity (Wildman–Crippen MR) is 61.1 cm³/mol. The number of imidazole rings is 1. The molecule has 6 heteroatoms. The Hall–Kier alpha value is -1.85. The van der Waals surface area contributed by atoms with Crippen LogP contribution in [0.4, 0.5) is 0 Å². The van der Waals surface area contributed by atoms with Crippen LogP contribution in [0.2, 0.25) is 0 Å². The van der Waals surface area contributed by atoms with Gasteiger partial charge in [0.2, 0.25) is 5.91 Å². The van der Waals surface area contributed by atoms with Crippen molar-refractivity contribution in [3.05, 3.63) is 18.7 Å². The van der Waals surface area contributed by atoms with Gasteiger partial charge in [0.25, 0.3) is 0 Å². The smallest absolute Gasteiger partial charge is 0.325 e. The molecule has 1 amide bonds. The highest BCUT2D eigenvalue weighted by atomic mass is 16.5. The molecule has 0 saturated heterocycles. The Morgan fingerprint density at radius 1 is 1.47 bits per heavy atom. The molecule has 6 nitrogen and oxygen atoms in total. The van der Waals surface area contributed by atoms with Crippen molar-refractivity contribution in [2.75, 3.05) is 20.2 Å². The molecule has 0 aliphatic heterocycles. The summed E-state index contributed by atoms with van der Waals surface area (Å²) in [7, 11) is 1.31. The minimum absolute atomic E-state index is 0.00968. The first-order chi connectivity index (χ1) is 8.17. The van der Waals surface area contributed by atoms with Crippen LogP contribution in [0.1, 0.15) is 13.3 Å². The number of ether oxygens (including phenoxy) is 1. The van der Waals surface area contributed by atoms with Gasteiger partial charge in [-0.15, -0.1) is 0 Å². The first-order valence-electron chi connectivity index (χ1n) is 5.47. The van der Waals surface area contributed by atoms with E-state index in [9.17, 15) is 9.59 Å². The first kappa shape index (κ1) is 13.2. The van der Waals surface area contributed by atoms with E-state index in [1.54, 1.807) is 18.7 Å². The first-order valence-corrected chi connectivity index (χ1v) is 5.47. The Morgan fingerprint density at radius 2 is 2.24 bits per heavy atom. The summed E-state index contributed by atoms with van der Waals surface area (Å²) in [6.45, 7) is 2.90. The van der Waals surface area contributed by atoms with Crippen molar-refractivity contribution in [1.29, 1.82) is 0 Å². The molecule has 0 N–H and O–H groups in total. The molecular weight excluding hydrogens is 222 g/mol. The number of methoxy groups -OCH3 is 1. The fourth-order valence-corrected chi connectivity index (χ4v) is 1.40. The highest BCUT2D eigenvalue weighted by Gasteiger charge is 2.15. The molecule has 0 bridgehead atoms. The standard InChI is InChI=1S/C11H17N3O3/c1-3-14(8-11(16)17-2)10(15)4-6-13-7-5-12-9-13/h5,7,9H,3-4,6,8H2,1-2H3. The Balaban J connectivity index is 2.41. The van der Waals surface area contributed by atoms with Crippen LogP contribution < -0.4 is 0 Å². The van der Waals surface area contributed by atoms with Crippen molar-refractivity contribution in [3.63, 3.8) is 0 Å². The van der Waals surface area contributed by atoms with E-state index in [0.29, 0.717) is 19.5 Å². The Kier molecular flexibility index (Phi) is 5.19. The zero-order valence-corrected chi connectivity index (χ0v) is 10.1. The summed E-state index contributed by atoms with van der Waals surface area (Å²) in [5, 5.41) is 0. The average molecular weight is 239 g/mol. The molecule has 1 heterocycles.